The van der Waals surface area contributed by atoms with E-state index in [0.717, 1.165) is 12.1 Å². The van der Waals surface area contributed by atoms with Crippen LogP contribution < -0.4 is 5.73 Å². The number of nitrogens with zero attached hydrogens (tertiary/aromatic N) is 2. The summed E-state index contributed by atoms with van der Waals surface area (Å²) in [4.78, 5) is 9.35. The first kappa shape index (κ1) is 13.4. The summed E-state index contributed by atoms with van der Waals surface area (Å²) in [6.45, 7) is -0.187. The van der Waals surface area contributed by atoms with Gasteiger partial charge in [-0.2, -0.15) is 5.26 Å². The number of rotatable bonds is 3. The van der Waals surface area contributed by atoms with E-state index in [-0.39, 0.29) is 12.1 Å². The summed E-state index contributed by atoms with van der Waals surface area (Å²) < 4.78 is 22.3. The van der Waals surface area contributed by atoms with Crippen molar-refractivity contribution in [2.75, 3.05) is 0 Å². The molecular formula is C8H6ClN3O4S. The van der Waals surface area contributed by atoms with Crippen LogP contribution in [-0.4, -0.2) is 13.3 Å². The van der Waals surface area contributed by atoms with E-state index in [1.807, 2.05) is 0 Å². The third-order valence-electron chi connectivity index (χ3n) is 2.00. The largest absolute Gasteiger partial charge is 0.326 e. The van der Waals surface area contributed by atoms with Crippen LogP contribution in [0, 0.1) is 21.4 Å². The Hall–Kier alpha value is -1.69. The third-order valence-corrected chi connectivity index (χ3v) is 3.36. The molecule has 17 heavy (non-hydrogen) atoms. The quantitative estimate of drug-likeness (QED) is 0.495. The molecule has 0 aliphatic rings. The molecule has 0 radical (unpaired) electrons. The molecule has 0 saturated heterocycles. The predicted octanol–water partition coefficient (Wildman–Crippen LogP) is 0.853. The van der Waals surface area contributed by atoms with Crippen molar-refractivity contribution in [1.29, 1.82) is 5.26 Å². The number of nitro benzene ring substituents is 1. The van der Waals surface area contributed by atoms with E-state index in [0.29, 0.717) is 0 Å². The number of nitrogens with two attached hydrogens (primary N) is 1. The lowest BCUT2D eigenvalue weighted by Crippen LogP contribution is -2.07. The molecule has 0 aromatic heterocycles. The van der Waals surface area contributed by atoms with Gasteiger partial charge in [-0.05, 0) is 12.1 Å². The molecule has 0 aliphatic heterocycles. The highest BCUT2D eigenvalue weighted by Crippen LogP contribution is 2.30. The van der Waals surface area contributed by atoms with Crippen molar-refractivity contribution in [3.8, 4) is 6.07 Å². The summed E-state index contributed by atoms with van der Waals surface area (Å²) in [6, 6.07) is 3.65. The zero-order chi connectivity index (χ0) is 13.2. The number of hydrogen-bond donors (Lipinski definition) is 1. The fourth-order valence-corrected chi connectivity index (χ4v) is 2.30. The average molecular weight is 276 g/mol. The summed E-state index contributed by atoms with van der Waals surface area (Å²) in [6.07, 6.45) is 0. The van der Waals surface area contributed by atoms with Crippen LogP contribution in [0.3, 0.4) is 0 Å². The SMILES string of the molecule is N#Cc1c(S(=O)(=O)Cl)ccc(CN)c1[N+](=O)[O-]. The number of benzene rings is 1. The normalized spacial score (nSPS) is 10.9. The van der Waals surface area contributed by atoms with Crippen LogP contribution in [-0.2, 0) is 15.6 Å². The molecule has 0 spiro atoms. The molecule has 1 rings (SSSR count). The zero-order valence-electron chi connectivity index (χ0n) is 8.25. The van der Waals surface area contributed by atoms with Gasteiger partial charge in [0.15, 0.2) is 0 Å². The van der Waals surface area contributed by atoms with Crippen molar-refractivity contribution in [3.63, 3.8) is 0 Å². The second-order valence-electron chi connectivity index (χ2n) is 2.96. The minimum Gasteiger partial charge on any atom is -0.326 e. The summed E-state index contributed by atoms with van der Waals surface area (Å²) in [5, 5.41) is 19.6. The van der Waals surface area contributed by atoms with Crippen LogP contribution in [0.25, 0.3) is 0 Å². The second-order valence-corrected chi connectivity index (χ2v) is 5.49. The van der Waals surface area contributed by atoms with E-state index in [1.165, 1.54) is 6.07 Å². The lowest BCUT2D eigenvalue weighted by Gasteiger charge is -2.04. The van der Waals surface area contributed by atoms with Gasteiger partial charge in [0.1, 0.15) is 16.5 Å². The van der Waals surface area contributed by atoms with Crippen molar-refractivity contribution in [1.82, 2.24) is 0 Å². The number of nitriles is 1. The van der Waals surface area contributed by atoms with Gasteiger partial charge in [-0.1, -0.05) is 0 Å². The molecule has 7 nitrogen and oxygen atoms in total. The topological polar surface area (TPSA) is 127 Å². The van der Waals surface area contributed by atoms with Crippen LogP contribution in [0.2, 0.25) is 0 Å². The molecule has 0 unspecified atom stereocenters. The molecule has 0 aliphatic carbocycles. The molecule has 9 heteroatoms. The van der Waals surface area contributed by atoms with Crippen molar-refractivity contribution in [2.24, 2.45) is 5.73 Å². The predicted molar refractivity (Wildman–Crippen MR) is 58.7 cm³/mol. The first-order valence-corrected chi connectivity index (χ1v) is 6.49. The Morgan fingerprint density at radius 1 is 1.53 bits per heavy atom. The van der Waals surface area contributed by atoms with Crippen LogP contribution in [0.15, 0.2) is 17.0 Å². The van der Waals surface area contributed by atoms with Crippen molar-refractivity contribution < 1.29 is 13.3 Å². The van der Waals surface area contributed by atoms with Gasteiger partial charge in [0.25, 0.3) is 14.7 Å². The Morgan fingerprint density at radius 3 is 2.47 bits per heavy atom. The molecule has 0 bridgehead atoms. The fourth-order valence-electron chi connectivity index (χ4n) is 1.30. The standard InChI is InChI=1S/C8H6ClN3O4S/c9-17(15,16)7-2-1-5(3-10)8(12(13)14)6(7)4-11/h1-2H,3,10H2. The molecule has 0 atom stereocenters. The monoisotopic (exact) mass is 275 g/mol. The lowest BCUT2D eigenvalue weighted by atomic mass is 10.1. The van der Waals surface area contributed by atoms with E-state index < -0.39 is 30.1 Å². The highest BCUT2D eigenvalue weighted by atomic mass is 35.7. The van der Waals surface area contributed by atoms with Crippen LogP contribution in [0.5, 0.6) is 0 Å². The maximum atomic E-state index is 11.1. The van der Waals surface area contributed by atoms with Gasteiger partial charge in [-0.15, -0.1) is 0 Å². The highest BCUT2D eigenvalue weighted by molar-refractivity contribution is 8.13. The van der Waals surface area contributed by atoms with Crippen molar-refractivity contribution in [2.45, 2.75) is 11.4 Å². The summed E-state index contributed by atoms with van der Waals surface area (Å²) in [7, 11) is 0.860. The minimum absolute atomic E-state index is 0.0654. The van der Waals surface area contributed by atoms with E-state index in [2.05, 4.69) is 0 Å². The van der Waals surface area contributed by atoms with E-state index in [9.17, 15) is 18.5 Å². The fraction of sp³-hybridized carbons (Fsp3) is 0.125. The summed E-state index contributed by atoms with van der Waals surface area (Å²) in [5.74, 6) is 0. The zero-order valence-corrected chi connectivity index (χ0v) is 9.83. The van der Waals surface area contributed by atoms with Crippen LogP contribution in [0.1, 0.15) is 11.1 Å². The van der Waals surface area contributed by atoms with Crippen molar-refractivity contribution >= 4 is 25.4 Å². The Balaban J connectivity index is 3.79. The lowest BCUT2D eigenvalue weighted by molar-refractivity contribution is -0.386. The number of halogens is 1. The summed E-state index contributed by atoms with van der Waals surface area (Å²) in [5.41, 5.74) is 4.11. The maximum Gasteiger partial charge on any atom is 0.292 e. The van der Waals surface area contributed by atoms with E-state index >= 15 is 0 Å². The van der Waals surface area contributed by atoms with Gasteiger partial charge in [-0.3, -0.25) is 10.1 Å². The third kappa shape index (κ3) is 2.52. The summed E-state index contributed by atoms with van der Waals surface area (Å²) >= 11 is 0. The van der Waals surface area contributed by atoms with Gasteiger partial charge >= 0.3 is 0 Å². The Bertz CT molecular complexity index is 620. The molecule has 2 N–H and O–H groups in total. The second kappa shape index (κ2) is 4.67. The maximum absolute atomic E-state index is 11.1. The molecule has 90 valence electrons. The average Bonchev–Trinajstić information content (AvgIpc) is 2.25. The van der Waals surface area contributed by atoms with E-state index in [4.69, 9.17) is 21.7 Å². The molecule has 0 amide bonds. The van der Waals surface area contributed by atoms with Crippen molar-refractivity contribution in [3.05, 3.63) is 33.4 Å². The molecular weight excluding hydrogens is 270 g/mol. The van der Waals surface area contributed by atoms with Gasteiger partial charge in [-0.25, -0.2) is 8.42 Å². The molecule has 0 saturated carbocycles. The molecule has 1 aromatic carbocycles. The number of nitro groups is 1. The van der Waals surface area contributed by atoms with Gasteiger partial charge in [0, 0.05) is 22.8 Å². The minimum atomic E-state index is -4.22. The first-order chi connectivity index (χ1) is 7.82. The molecule has 0 fully saturated rings. The first-order valence-electron chi connectivity index (χ1n) is 4.18. The Kier molecular flexibility index (Phi) is 3.67. The smallest absolute Gasteiger partial charge is 0.292 e. The van der Waals surface area contributed by atoms with Gasteiger partial charge in [0.2, 0.25) is 0 Å². The van der Waals surface area contributed by atoms with Crippen LogP contribution >= 0.6 is 10.7 Å². The van der Waals surface area contributed by atoms with Gasteiger partial charge in [0.05, 0.1) is 4.92 Å². The van der Waals surface area contributed by atoms with Crippen LogP contribution in [0.4, 0.5) is 5.69 Å². The Labute approximate surface area is 101 Å². The van der Waals surface area contributed by atoms with E-state index in [1.54, 1.807) is 0 Å². The highest BCUT2D eigenvalue weighted by Gasteiger charge is 2.27. The Morgan fingerprint density at radius 2 is 2.12 bits per heavy atom. The molecule has 1 aromatic rings. The number of hydrogen-bond acceptors (Lipinski definition) is 6. The molecule has 0 heterocycles. The van der Waals surface area contributed by atoms with Gasteiger partial charge < -0.3 is 5.73 Å².